The van der Waals surface area contributed by atoms with Crippen LogP contribution in [-0.2, 0) is 0 Å². The van der Waals surface area contributed by atoms with E-state index in [9.17, 15) is 0 Å². The molecule has 2 nitrogen and oxygen atoms in total. The lowest BCUT2D eigenvalue weighted by Gasteiger charge is -2.33. The number of rotatable bonds is 0. The van der Waals surface area contributed by atoms with E-state index in [2.05, 4.69) is 71.1 Å². The van der Waals surface area contributed by atoms with Gasteiger partial charge in [0.25, 0.3) is 0 Å². The fourth-order valence-corrected chi connectivity index (χ4v) is 9.32. The van der Waals surface area contributed by atoms with Gasteiger partial charge in [-0.15, -0.1) is 11.8 Å². The van der Waals surface area contributed by atoms with Gasteiger partial charge in [0.05, 0.1) is 9.74 Å². The first kappa shape index (κ1) is 13.9. The zero-order chi connectivity index (χ0) is 16.2. The minimum absolute atomic E-state index is 0.173. The van der Waals surface area contributed by atoms with Gasteiger partial charge in [-0.1, -0.05) is 48.5 Å². The predicted molar refractivity (Wildman–Crippen MR) is 102 cm³/mol. The Labute approximate surface area is 152 Å². The first-order valence-corrected chi connectivity index (χ1v) is 10.6. The third-order valence-electron chi connectivity index (χ3n) is 7.84. The van der Waals surface area contributed by atoms with E-state index in [4.69, 9.17) is 0 Å². The summed E-state index contributed by atoms with van der Waals surface area (Å²) in [7, 11) is 0. The Morgan fingerprint density at radius 3 is 1.24 bits per heavy atom. The second-order valence-electron chi connectivity index (χ2n) is 8.56. The average molecular weight is 346 g/mol. The van der Waals surface area contributed by atoms with E-state index in [0.29, 0.717) is 23.7 Å². The fraction of sp³-hybridized carbons (Fsp3) is 0.455. The zero-order valence-corrected chi connectivity index (χ0v) is 15.0. The molecule has 4 unspecified atom stereocenters. The summed E-state index contributed by atoms with van der Waals surface area (Å²) in [4.78, 5) is 0.346. The molecule has 1 heterocycles. The molecule has 2 spiro atoms. The fourth-order valence-electron chi connectivity index (χ4n) is 7.01. The van der Waals surface area contributed by atoms with Crippen LogP contribution >= 0.6 is 11.8 Å². The number of hydrogen-bond acceptors (Lipinski definition) is 3. The summed E-state index contributed by atoms with van der Waals surface area (Å²) in [5.41, 5.74) is 14.3. The molecule has 2 saturated carbocycles. The van der Waals surface area contributed by atoms with Gasteiger partial charge in [-0.3, -0.25) is 0 Å². The van der Waals surface area contributed by atoms with E-state index >= 15 is 0 Å². The molecule has 7 rings (SSSR count). The molecule has 4 atom stereocenters. The Balaban J connectivity index is 1.35. The summed E-state index contributed by atoms with van der Waals surface area (Å²) >= 11 is 2.28. The topological polar surface area (TPSA) is 24.1 Å². The highest BCUT2D eigenvalue weighted by Crippen LogP contribution is 2.74. The van der Waals surface area contributed by atoms with Crippen molar-refractivity contribution in [2.45, 2.75) is 59.1 Å². The van der Waals surface area contributed by atoms with E-state index in [1.165, 1.54) is 25.7 Å². The second-order valence-corrected chi connectivity index (χ2v) is 10.1. The Hall–Kier alpha value is -1.29. The number of thioether (sulfide) groups is 1. The van der Waals surface area contributed by atoms with Crippen molar-refractivity contribution in [1.82, 2.24) is 10.9 Å². The van der Waals surface area contributed by atoms with Crippen molar-refractivity contribution in [2.24, 2.45) is 0 Å². The van der Waals surface area contributed by atoms with Crippen molar-refractivity contribution in [3.63, 3.8) is 0 Å². The molecule has 1 saturated heterocycles. The van der Waals surface area contributed by atoms with Crippen molar-refractivity contribution in [2.75, 3.05) is 0 Å². The standard InChI is InChI=1S/C22H22N2S/c1-2-6-14-13(5-1)17-9-10-18(14)21(17)23-24-22(25-21)19-11-12-20(22)16-8-4-3-7-15(16)19/h1-8,17-20,23-24H,9-12H2. The summed E-state index contributed by atoms with van der Waals surface area (Å²) in [5.74, 6) is 2.64. The third-order valence-corrected chi connectivity index (χ3v) is 9.86. The molecular weight excluding hydrogens is 324 g/mol. The molecule has 2 aromatic rings. The van der Waals surface area contributed by atoms with Crippen molar-refractivity contribution >= 4 is 11.8 Å². The Morgan fingerprint density at radius 2 is 0.920 bits per heavy atom. The van der Waals surface area contributed by atoms with Gasteiger partial charge >= 0.3 is 0 Å². The number of hydrazine groups is 1. The summed E-state index contributed by atoms with van der Waals surface area (Å²) in [6.45, 7) is 0. The number of fused-ring (bicyclic) bond motifs is 6. The van der Waals surface area contributed by atoms with Gasteiger partial charge in [-0.2, -0.15) is 0 Å². The lowest BCUT2D eigenvalue weighted by Crippen LogP contribution is -2.48. The molecular formula is C22H22N2S. The van der Waals surface area contributed by atoms with Crippen LogP contribution in [0.2, 0.25) is 0 Å². The van der Waals surface area contributed by atoms with Gasteiger partial charge in [-0.25, -0.2) is 10.9 Å². The average Bonchev–Trinajstić information content (AvgIpc) is 3.44. The van der Waals surface area contributed by atoms with Crippen molar-refractivity contribution < 1.29 is 0 Å². The molecule has 0 amide bonds. The maximum atomic E-state index is 3.92. The minimum atomic E-state index is 0.173. The molecule has 0 radical (unpaired) electrons. The molecule has 2 N–H and O–H groups in total. The predicted octanol–water partition coefficient (Wildman–Crippen LogP) is 4.57. The van der Waals surface area contributed by atoms with Crippen LogP contribution in [-0.4, -0.2) is 9.74 Å². The van der Waals surface area contributed by atoms with Crippen molar-refractivity contribution in [1.29, 1.82) is 0 Å². The van der Waals surface area contributed by atoms with Gasteiger partial charge in [-0.05, 0) is 47.9 Å². The monoisotopic (exact) mass is 346 g/mol. The largest absolute Gasteiger partial charge is 0.239 e. The molecule has 5 aliphatic rings. The van der Waals surface area contributed by atoms with Crippen LogP contribution in [0.3, 0.4) is 0 Å². The molecule has 2 aromatic carbocycles. The van der Waals surface area contributed by atoms with E-state index in [1.54, 1.807) is 22.3 Å². The highest BCUT2D eigenvalue weighted by molar-refractivity contribution is 8.02. The van der Waals surface area contributed by atoms with Gasteiger partial charge in [0.15, 0.2) is 0 Å². The molecule has 4 aliphatic carbocycles. The molecule has 126 valence electrons. The van der Waals surface area contributed by atoms with Crippen LogP contribution in [0.1, 0.15) is 71.6 Å². The first-order chi connectivity index (χ1) is 12.3. The summed E-state index contributed by atoms with van der Waals surface area (Å²) < 4.78 is 0. The normalized spacial score (nSPS) is 44.8. The maximum Gasteiger partial charge on any atom is 0.0929 e. The Kier molecular flexibility index (Phi) is 2.40. The van der Waals surface area contributed by atoms with Gasteiger partial charge < -0.3 is 0 Å². The lowest BCUT2D eigenvalue weighted by atomic mass is 9.92. The van der Waals surface area contributed by atoms with Crippen LogP contribution < -0.4 is 10.9 Å². The molecule has 0 aromatic heterocycles. The molecule has 25 heavy (non-hydrogen) atoms. The quantitative estimate of drug-likeness (QED) is 0.731. The zero-order valence-electron chi connectivity index (χ0n) is 14.2. The molecule has 1 aliphatic heterocycles. The van der Waals surface area contributed by atoms with Crippen LogP contribution in [0.5, 0.6) is 0 Å². The van der Waals surface area contributed by atoms with Crippen LogP contribution in [0.15, 0.2) is 48.5 Å². The van der Waals surface area contributed by atoms with E-state index in [-0.39, 0.29) is 9.74 Å². The third kappa shape index (κ3) is 1.39. The second kappa shape index (κ2) is 4.33. The SMILES string of the molecule is c1ccc2c(c1)C1CCC2C12NNC1(S2)C2CCC1c1ccccc12. The molecule has 3 fully saturated rings. The van der Waals surface area contributed by atoms with E-state index in [1.807, 2.05) is 0 Å². The lowest BCUT2D eigenvalue weighted by molar-refractivity contribution is 0.337. The smallest absolute Gasteiger partial charge is 0.0929 e. The summed E-state index contributed by atoms with van der Waals surface area (Å²) in [6.07, 6.45) is 5.34. The van der Waals surface area contributed by atoms with Crippen LogP contribution in [0.4, 0.5) is 0 Å². The molecule has 4 bridgehead atoms. The van der Waals surface area contributed by atoms with Crippen molar-refractivity contribution in [3.05, 3.63) is 70.8 Å². The van der Waals surface area contributed by atoms with E-state index in [0.717, 1.165) is 0 Å². The van der Waals surface area contributed by atoms with Crippen molar-refractivity contribution in [3.8, 4) is 0 Å². The molecule has 3 heteroatoms. The Morgan fingerprint density at radius 1 is 0.600 bits per heavy atom. The highest BCUT2D eigenvalue weighted by Gasteiger charge is 2.70. The van der Waals surface area contributed by atoms with Crippen LogP contribution in [0.25, 0.3) is 0 Å². The number of benzene rings is 2. The Bertz CT molecular complexity index is 771. The maximum absolute atomic E-state index is 3.92. The highest BCUT2D eigenvalue weighted by atomic mass is 32.2. The first-order valence-electron chi connectivity index (χ1n) is 9.76. The van der Waals surface area contributed by atoms with Crippen LogP contribution in [0, 0.1) is 0 Å². The number of nitrogens with one attached hydrogen (secondary N) is 2. The number of hydrogen-bond donors (Lipinski definition) is 2. The minimum Gasteiger partial charge on any atom is -0.239 e. The summed E-state index contributed by atoms with van der Waals surface area (Å²) in [5, 5.41) is 0. The summed E-state index contributed by atoms with van der Waals surface area (Å²) in [6, 6.07) is 18.4. The van der Waals surface area contributed by atoms with Gasteiger partial charge in [0.2, 0.25) is 0 Å². The van der Waals surface area contributed by atoms with Gasteiger partial charge in [0, 0.05) is 23.7 Å². The van der Waals surface area contributed by atoms with E-state index < -0.39 is 0 Å². The van der Waals surface area contributed by atoms with Gasteiger partial charge in [0.1, 0.15) is 0 Å².